The number of rotatable bonds is 4. The lowest BCUT2D eigenvalue weighted by Crippen LogP contribution is -2.60. The number of halogens is 1. The summed E-state index contributed by atoms with van der Waals surface area (Å²) in [4.78, 5) is 13.2. The zero-order valence-corrected chi connectivity index (χ0v) is 14.4. The molecule has 5 rings (SSSR count). The fraction of sp³-hybridized carbons (Fsp3) is 0.632. The van der Waals surface area contributed by atoms with Gasteiger partial charge in [-0.25, -0.2) is 4.39 Å². The molecule has 1 amide bonds. The van der Waals surface area contributed by atoms with Crippen molar-refractivity contribution in [2.75, 3.05) is 0 Å². The molecule has 4 aliphatic carbocycles. The van der Waals surface area contributed by atoms with Crippen molar-refractivity contribution in [1.29, 1.82) is 0 Å². The molecule has 1 aromatic carbocycles. The van der Waals surface area contributed by atoms with Gasteiger partial charge in [0.2, 0.25) is 5.91 Å². The Labute approximate surface area is 141 Å². The highest BCUT2D eigenvalue weighted by Crippen LogP contribution is 2.55. The van der Waals surface area contributed by atoms with Crippen molar-refractivity contribution >= 4 is 17.7 Å². The first-order chi connectivity index (χ1) is 11.0. The van der Waals surface area contributed by atoms with E-state index in [9.17, 15) is 9.18 Å². The van der Waals surface area contributed by atoms with E-state index < -0.39 is 0 Å². The van der Waals surface area contributed by atoms with E-state index in [-0.39, 0.29) is 22.5 Å². The van der Waals surface area contributed by atoms with Crippen LogP contribution in [-0.2, 0) is 4.79 Å². The third-order valence-corrected chi connectivity index (χ3v) is 7.09. The fourth-order valence-corrected chi connectivity index (χ4v) is 6.30. The highest BCUT2D eigenvalue weighted by atomic mass is 32.2. The maximum atomic E-state index is 13.8. The molecule has 4 saturated carbocycles. The fourth-order valence-electron chi connectivity index (χ4n) is 5.41. The van der Waals surface area contributed by atoms with Crippen LogP contribution in [0, 0.1) is 23.6 Å². The van der Waals surface area contributed by atoms with Gasteiger partial charge in [0.1, 0.15) is 5.82 Å². The van der Waals surface area contributed by atoms with E-state index in [1.54, 1.807) is 12.1 Å². The van der Waals surface area contributed by atoms with Crippen LogP contribution < -0.4 is 5.32 Å². The molecule has 0 aromatic heterocycles. The summed E-state index contributed by atoms with van der Waals surface area (Å²) in [5.41, 5.74) is 0.0376. The maximum absolute atomic E-state index is 13.8. The first-order valence-electron chi connectivity index (χ1n) is 8.76. The van der Waals surface area contributed by atoms with E-state index in [2.05, 4.69) is 5.32 Å². The molecule has 4 heteroatoms. The van der Waals surface area contributed by atoms with Crippen LogP contribution >= 0.6 is 11.8 Å². The van der Waals surface area contributed by atoms with Gasteiger partial charge in [-0.2, -0.15) is 0 Å². The Morgan fingerprint density at radius 3 is 2.30 bits per heavy atom. The lowest BCUT2D eigenvalue weighted by atomic mass is 9.53. The highest BCUT2D eigenvalue weighted by Gasteiger charge is 2.51. The van der Waals surface area contributed by atoms with Crippen LogP contribution in [0.3, 0.4) is 0 Å². The molecule has 0 radical (unpaired) electrons. The molecule has 124 valence electrons. The Morgan fingerprint density at radius 1 is 1.17 bits per heavy atom. The average molecular weight is 333 g/mol. The minimum Gasteiger partial charge on any atom is -0.350 e. The van der Waals surface area contributed by atoms with E-state index in [0.29, 0.717) is 4.90 Å². The van der Waals surface area contributed by atoms with Crippen LogP contribution in [0.15, 0.2) is 29.2 Å². The van der Waals surface area contributed by atoms with Crippen molar-refractivity contribution in [3.8, 4) is 0 Å². The first kappa shape index (κ1) is 15.5. The van der Waals surface area contributed by atoms with Crippen molar-refractivity contribution in [3.05, 3.63) is 30.1 Å². The molecule has 4 aliphatic rings. The van der Waals surface area contributed by atoms with Gasteiger partial charge in [-0.05, 0) is 75.3 Å². The summed E-state index contributed by atoms with van der Waals surface area (Å²) in [6.45, 7) is 1.88. The predicted octanol–water partition coefficient (Wildman–Crippen LogP) is 4.39. The second kappa shape index (κ2) is 5.80. The van der Waals surface area contributed by atoms with E-state index in [0.717, 1.165) is 37.0 Å². The van der Waals surface area contributed by atoms with Crippen LogP contribution in [0.2, 0.25) is 0 Å². The Morgan fingerprint density at radius 2 is 1.74 bits per heavy atom. The zero-order valence-electron chi connectivity index (χ0n) is 13.6. The number of nitrogens with one attached hydrogen (secondary N) is 1. The molecule has 1 aromatic rings. The number of hydrogen-bond acceptors (Lipinski definition) is 2. The predicted molar refractivity (Wildman–Crippen MR) is 90.8 cm³/mol. The minimum absolute atomic E-state index is 0.0376. The molecule has 0 aliphatic heterocycles. The van der Waals surface area contributed by atoms with Crippen molar-refractivity contribution in [2.24, 2.45) is 17.8 Å². The number of carbonyl (C=O) groups is 1. The molecule has 4 fully saturated rings. The normalized spacial score (nSPS) is 36.0. The van der Waals surface area contributed by atoms with Gasteiger partial charge in [-0.1, -0.05) is 12.1 Å². The smallest absolute Gasteiger partial charge is 0.233 e. The summed E-state index contributed by atoms with van der Waals surface area (Å²) >= 11 is 1.32. The third-order valence-electron chi connectivity index (χ3n) is 5.94. The molecular weight excluding hydrogens is 309 g/mol. The molecule has 0 unspecified atom stereocenters. The summed E-state index contributed by atoms with van der Waals surface area (Å²) in [7, 11) is 0. The van der Waals surface area contributed by atoms with Crippen molar-refractivity contribution in [3.63, 3.8) is 0 Å². The van der Waals surface area contributed by atoms with Gasteiger partial charge in [-0.3, -0.25) is 4.79 Å². The lowest BCUT2D eigenvalue weighted by molar-refractivity contribution is -0.126. The third kappa shape index (κ3) is 3.02. The number of thioether (sulfide) groups is 1. The summed E-state index contributed by atoms with van der Waals surface area (Å²) in [6.07, 6.45) is 7.57. The second-order valence-corrected chi connectivity index (χ2v) is 9.26. The van der Waals surface area contributed by atoms with E-state index in [1.165, 1.54) is 37.1 Å². The van der Waals surface area contributed by atoms with Crippen LogP contribution in [-0.4, -0.2) is 16.7 Å². The maximum Gasteiger partial charge on any atom is 0.233 e. The molecule has 1 atom stereocenters. The van der Waals surface area contributed by atoms with E-state index in [1.807, 2.05) is 13.0 Å². The molecule has 0 saturated heterocycles. The van der Waals surface area contributed by atoms with Gasteiger partial charge in [0, 0.05) is 10.4 Å². The van der Waals surface area contributed by atoms with Gasteiger partial charge in [-0.15, -0.1) is 11.8 Å². The SMILES string of the molecule is C[C@@H](Sc1ccccc1F)C(=O)NC12CC3CC(CC(C3)C1)C2. The summed E-state index contributed by atoms with van der Waals surface area (Å²) < 4.78 is 13.8. The summed E-state index contributed by atoms with van der Waals surface area (Å²) in [5, 5.41) is 3.12. The number of carbonyl (C=O) groups excluding carboxylic acids is 1. The van der Waals surface area contributed by atoms with Gasteiger partial charge >= 0.3 is 0 Å². The van der Waals surface area contributed by atoms with Gasteiger partial charge < -0.3 is 5.32 Å². The van der Waals surface area contributed by atoms with Crippen molar-refractivity contribution in [2.45, 2.75) is 61.1 Å². The van der Waals surface area contributed by atoms with Crippen molar-refractivity contribution < 1.29 is 9.18 Å². The Hall–Kier alpha value is -1.03. The molecule has 0 spiro atoms. The summed E-state index contributed by atoms with van der Waals surface area (Å²) in [5.74, 6) is 2.27. The van der Waals surface area contributed by atoms with E-state index >= 15 is 0 Å². The Bertz CT molecular complexity index is 582. The monoisotopic (exact) mass is 333 g/mol. The highest BCUT2D eigenvalue weighted by molar-refractivity contribution is 8.00. The van der Waals surface area contributed by atoms with Gasteiger partial charge in [0.25, 0.3) is 0 Å². The van der Waals surface area contributed by atoms with Crippen molar-refractivity contribution in [1.82, 2.24) is 5.32 Å². The minimum atomic E-state index is -0.264. The standard InChI is InChI=1S/C19H24FNOS/c1-12(23-17-5-3-2-4-16(17)20)18(22)21-19-9-13-6-14(10-19)8-15(7-13)11-19/h2-5,12-15H,6-11H2,1H3,(H,21,22)/t12-,13?,14?,15?,19?/m1/s1. The Kier molecular flexibility index (Phi) is 3.91. The van der Waals surface area contributed by atoms with Crippen LogP contribution in [0.25, 0.3) is 0 Å². The first-order valence-corrected chi connectivity index (χ1v) is 9.64. The topological polar surface area (TPSA) is 29.1 Å². The average Bonchev–Trinajstić information content (AvgIpc) is 2.47. The number of benzene rings is 1. The van der Waals surface area contributed by atoms with Crippen LogP contribution in [0.4, 0.5) is 4.39 Å². The van der Waals surface area contributed by atoms with Gasteiger partial charge in [0.05, 0.1) is 5.25 Å². The Balaban J connectivity index is 1.42. The van der Waals surface area contributed by atoms with E-state index in [4.69, 9.17) is 0 Å². The van der Waals surface area contributed by atoms with Crippen LogP contribution in [0.5, 0.6) is 0 Å². The molecule has 2 nitrogen and oxygen atoms in total. The number of amides is 1. The molecule has 4 bridgehead atoms. The summed E-state index contributed by atoms with van der Waals surface area (Å²) in [6, 6.07) is 6.69. The molecular formula is C19H24FNOS. The molecule has 1 N–H and O–H groups in total. The lowest BCUT2D eigenvalue weighted by Gasteiger charge is -2.57. The molecule has 23 heavy (non-hydrogen) atoms. The zero-order chi connectivity index (χ0) is 16.0. The molecule has 0 heterocycles. The number of hydrogen-bond donors (Lipinski definition) is 1. The quantitative estimate of drug-likeness (QED) is 0.828. The van der Waals surface area contributed by atoms with Crippen LogP contribution in [0.1, 0.15) is 45.4 Å². The second-order valence-electron chi connectivity index (χ2n) is 7.88. The van der Waals surface area contributed by atoms with Gasteiger partial charge in [0.15, 0.2) is 0 Å². The largest absolute Gasteiger partial charge is 0.350 e.